The third kappa shape index (κ3) is 6.66. The van der Waals surface area contributed by atoms with Crippen molar-refractivity contribution < 1.29 is 14.5 Å². The molecule has 30 heavy (non-hydrogen) atoms. The first kappa shape index (κ1) is 23.5. The van der Waals surface area contributed by atoms with Gasteiger partial charge in [0.25, 0.3) is 5.69 Å². The number of hydrogen-bond donors (Lipinski definition) is 1. The van der Waals surface area contributed by atoms with Crippen molar-refractivity contribution in [1.29, 1.82) is 0 Å². The van der Waals surface area contributed by atoms with Gasteiger partial charge in [-0.2, -0.15) is 0 Å². The van der Waals surface area contributed by atoms with Gasteiger partial charge in [0.05, 0.1) is 11.3 Å². The van der Waals surface area contributed by atoms with Crippen LogP contribution in [0.1, 0.15) is 38.8 Å². The number of nitrogens with zero attached hydrogens (tertiary/aromatic N) is 2. The normalized spacial score (nSPS) is 12.2. The summed E-state index contributed by atoms with van der Waals surface area (Å²) in [7, 11) is 0. The maximum Gasteiger partial charge on any atom is 0.273 e. The molecule has 0 saturated carbocycles. The Morgan fingerprint density at radius 1 is 1.13 bits per heavy atom. The number of rotatable bonds is 7. The van der Waals surface area contributed by atoms with Gasteiger partial charge in [0, 0.05) is 28.2 Å². The first-order chi connectivity index (χ1) is 14.0. The molecule has 1 N–H and O–H groups in total. The Morgan fingerprint density at radius 3 is 2.30 bits per heavy atom. The van der Waals surface area contributed by atoms with Crippen LogP contribution in [-0.2, 0) is 22.6 Å². The molecule has 0 aromatic heterocycles. The maximum absolute atomic E-state index is 13.2. The summed E-state index contributed by atoms with van der Waals surface area (Å²) in [6.45, 7) is 7.48. The summed E-state index contributed by atoms with van der Waals surface area (Å²) in [4.78, 5) is 38.2. The second-order valence-electron chi connectivity index (χ2n) is 8.13. The van der Waals surface area contributed by atoms with Gasteiger partial charge in [-0.25, -0.2) is 0 Å². The second-order valence-corrected chi connectivity index (χ2v) is 9.04. The molecule has 0 unspecified atom stereocenters. The molecule has 7 nitrogen and oxygen atoms in total. The van der Waals surface area contributed by atoms with Gasteiger partial charge >= 0.3 is 0 Å². The largest absolute Gasteiger partial charge is 0.350 e. The number of halogens is 1. The summed E-state index contributed by atoms with van der Waals surface area (Å²) in [6.07, 6.45) is -0.166. The standard InChI is InChI=1S/C22H26BrN3O4/c1-15(21(28)24-22(2,3)4)25(14-16-9-11-18(23)12-10-16)20(27)13-17-7-5-6-8-19(17)26(29)30/h5-12,15H,13-14H2,1-4H3,(H,24,28)/t15-/m1/s1. The van der Waals surface area contributed by atoms with E-state index in [9.17, 15) is 19.7 Å². The average Bonchev–Trinajstić information content (AvgIpc) is 2.65. The lowest BCUT2D eigenvalue weighted by molar-refractivity contribution is -0.385. The fourth-order valence-corrected chi connectivity index (χ4v) is 3.21. The van der Waals surface area contributed by atoms with Crippen LogP contribution in [0, 0.1) is 10.1 Å². The molecular weight excluding hydrogens is 450 g/mol. The van der Waals surface area contributed by atoms with Crippen molar-refractivity contribution >= 4 is 33.4 Å². The van der Waals surface area contributed by atoms with E-state index in [4.69, 9.17) is 0 Å². The summed E-state index contributed by atoms with van der Waals surface area (Å²) in [5.41, 5.74) is 0.609. The van der Waals surface area contributed by atoms with Crippen LogP contribution >= 0.6 is 15.9 Å². The van der Waals surface area contributed by atoms with Gasteiger partial charge < -0.3 is 10.2 Å². The highest BCUT2D eigenvalue weighted by Gasteiger charge is 2.29. The van der Waals surface area contributed by atoms with Crippen molar-refractivity contribution in [2.24, 2.45) is 0 Å². The van der Waals surface area contributed by atoms with Gasteiger partial charge in [0.2, 0.25) is 11.8 Å². The van der Waals surface area contributed by atoms with Crippen LogP contribution in [0.5, 0.6) is 0 Å². The number of carbonyl (C=O) groups is 2. The highest BCUT2D eigenvalue weighted by atomic mass is 79.9. The zero-order chi connectivity index (χ0) is 22.5. The van der Waals surface area contributed by atoms with Crippen LogP contribution in [0.25, 0.3) is 0 Å². The van der Waals surface area contributed by atoms with Crippen LogP contribution in [0.15, 0.2) is 53.0 Å². The van der Waals surface area contributed by atoms with Crippen LogP contribution in [-0.4, -0.2) is 33.2 Å². The number of benzene rings is 2. The molecule has 0 heterocycles. The van der Waals surface area contributed by atoms with E-state index in [-0.39, 0.29) is 30.5 Å². The molecule has 1 atom stereocenters. The summed E-state index contributed by atoms with van der Waals surface area (Å²) < 4.78 is 0.905. The number of nitrogens with one attached hydrogen (secondary N) is 1. The molecular formula is C22H26BrN3O4. The SMILES string of the molecule is C[C@H](C(=O)NC(C)(C)C)N(Cc1ccc(Br)cc1)C(=O)Cc1ccccc1[N+](=O)[O-]. The number of carbonyl (C=O) groups excluding carboxylic acids is 2. The monoisotopic (exact) mass is 475 g/mol. The van der Waals surface area contributed by atoms with E-state index in [2.05, 4.69) is 21.2 Å². The Morgan fingerprint density at radius 2 is 1.73 bits per heavy atom. The Bertz CT molecular complexity index is 923. The molecule has 2 aromatic rings. The summed E-state index contributed by atoms with van der Waals surface area (Å²) in [6, 6.07) is 12.9. The number of hydrogen-bond acceptors (Lipinski definition) is 4. The predicted molar refractivity (Wildman–Crippen MR) is 119 cm³/mol. The summed E-state index contributed by atoms with van der Waals surface area (Å²) in [5, 5.41) is 14.2. The molecule has 160 valence electrons. The van der Waals surface area contributed by atoms with Crippen molar-refractivity contribution in [3.63, 3.8) is 0 Å². The lowest BCUT2D eigenvalue weighted by atomic mass is 10.1. The van der Waals surface area contributed by atoms with Gasteiger partial charge in [0.1, 0.15) is 6.04 Å². The third-order valence-electron chi connectivity index (χ3n) is 4.46. The molecule has 0 aliphatic carbocycles. The minimum atomic E-state index is -0.747. The number of para-hydroxylation sites is 1. The highest BCUT2D eigenvalue weighted by molar-refractivity contribution is 9.10. The van der Waals surface area contributed by atoms with Gasteiger partial charge in [-0.3, -0.25) is 19.7 Å². The van der Waals surface area contributed by atoms with Crippen LogP contribution in [0.2, 0.25) is 0 Å². The van der Waals surface area contributed by atoms with E-state index in [1.54, 1.807) is 25.1 Å². The summed E-state index contributed by atoms with van der Waals surface area (Å²) >= 11 is 3.38. The Balaban J connectivity index is 2.32. The van der Waals surface area contributed by atoms with Crippen molar-refractivity contribution in [3.8, 4) is 0 Å². The molecule has 0 fully saturated rings. The van der Waals surface area contributed by atoms with Gasteiger partial charge in [-0.1, -0.05) is 46.3 Å². The first-order valence-corrected chi connectivity index (χ1v) is 10.4. The van der Waals surface area contributed by atoms with E-state index < -0.39 is 16.5 Å². The Hall–Kier alpha value is -2.74. The van der Waals surface area contributed by atoms with E-state index in [1.807, 2.05) is 45.0 Å². The smallest absolute Gasteiger partial charge is 0.273 e. The van der Waals surface area contributed by atoms with E-state index >= 15 is 0 Å². The minimum absolute atomic E-state index is 0.110. The third-order valence-corrected chi connectivity index (χ3v) is 4.99. The van der Waals surface area contributed by atoms with Crippen molar-refractivity contribution in [2.75, 3.05) is 0 Å². The van der Waals surface area contributed by atoms with E-state index in [1.165, 1.54) is 11.0 Å². The Kier molecular flexibility index (Phi) is 7.72. The number of nitro groups is 1. The zero-order valence-electron chi connectivity index (χ0n) is 17.5. The van der Waals surface area contributed by atoms with Crippen molar-refractivity contribution in [3.05, 3.63) is 74.2 Å². The lowest BCUT2D eigenvalue weighted by Crippen LogP contribution is -2.52. The molecule has 8 heteroatoms. The quantitative estimate of drug-likeness (QED) is 0.478. The predicted octanol–water partition coefficient (Wildman–Crippen LogP) is 4.23. The van der Waals surface area contributed by atoms with Gasteiger partial charge in [-0.05, 0) is 45.4 Å². The van der Waals surface area contributed by atoms with Crippen LogP contribution in [0.4, 0.5) is 5.69 Å². The molecule has 2 aromatic carbocycles. The topological polar surface area (TPSA) is 92.6 Å². The molecule has 0 bridgehead atoms. The zero-order valence-corrected chi connectivity index (χ0v) is 19.1. The first-order valence-electron chi connectivity index (χ1n) is 9.56. The van der Waals surface area contributed by atoms with Gasteiger partial charge in [-0.15, -0.1) is 0 Å². The Labute approximate surface area is 184 Å². The highest BCUT2D eigenvalue weighted by Crippen LogP contribution is 2.21. The maximum atomic E-state index is 13.2. The van der Waals surface area contributed by atoms with Crippen LogP contribution < -0.4 is 5.32 Å². The molecule has 0 aliphatic heterocycles. The summed E-state index contributed by atoms with van der Waals surface area (Å²) in [5.74, 6) is -0.640. The number of amides is 2. The molecule has 2 amide bonds. The molecule has 0 saturated heterocycles. The minimum Gasteiger partial charge on any atom is -0.350 e. The molecule has 0 aliphatic rings. The van der Waals surface area contributed by atoms with E-state index in [0.717, 1.165) is 10.0 Å². The fraction of sp³-hybridized carbons (Fsp3) is 0.364. The van der Waals surface area contributed by atoms with Gasteiger partial charge in [0.15, 0.2) is 0 Å². The molecule has 0 spiro atoms. The van der Waals surface area contributed by atoms with Crippen LogP contribution in [0.3, 0.4) is 0 Å². The molecule has 0 radical (unpaired) electrons. The fourth-order valence-electron chi connectivity index (χ4n) is 2.95. The van der Waals surface area contributed by atoms with Crippen molar-refractivity contribution in [2.45, 2.75) is 52.2 Å². The molecule has 2 rings (SSSR count). The van der Waals surface area contributed by atoms with E-state index in [0.29, 0.717) is 5.56 Å². The lowest BCUT2D eigenvalue weighted by Gasteiger charge is -2.31. The number of nitro benzene ring substituents is 1. The average molecular weight is 476 g/mol. The second kappa shape index (κ2) is 9.84. The van der Waals surface area contributed by atoms with Crippen molar-refractivity contribution in [1.82, 2.24) is 10.2 Å².